The molecule has 1 aliphatic heterocycles. The van der Waals surface area contributed by atoms with E-state index in [0.29, 0.717) is 41.2 Å². The summed E-state index contributed by atoms with van der Waals surface area (Å²) >= 11 is 6.12. The zero-order chi connectivity index (χ0) is 18.3. The molecule has 1 amide bonds. The van der Waals surface area contributed by atoms with Crippen LogP contribution in [-0.2, 0) is 9.59 Å². The molecule has 2 aromatic rings. The van der Waals surface area contributed by atoms with Gasteiger partial charge in [0.2, 0.25) is 5.91 Å². The van der Waals surface area contributed by atoms with Crippen LogP contribution in [0.5, 0.6) is 0 Å². The molecule has 1 heterocycles. The van der Waals surface area contributed by atoms with Gasteiger partial charge < -0.3 is 0 Å². The van der Waals surface area contributed by atoms with Gasteiger partial charge in [0.05, 0.1) is 5.69 Å². The molecular weight excluding hydrogens is 353 g/mol. The third-order valence-corrected chi connectivity index (χ3v) is 5.23. The summed E-state index contributed by atoms with van der Waals surface area (Å²) in [4.78, 5) is 27.2. The molecule has 1 unspecified atom stereocenters. The number of rotatable bonds is 2. The number of hydrogen-bond donors (Lipinski definition) is 0. The molecule has 2 aromatic carbocycles. The van der Waals surface area contributed by atoms with Crippen LogP contribution in [0.4, 0.5) is 10.1 Å². The first-order chi connectivity index (χ1) is 12.5. The molecule has 0 saturated carbocycles. The van der Waals surface area contributed by atoms with E-state index in [9.17, 15) is 14.0 Å². The molecule has 0 bridgehead atoms. The highest BCUT2D eigenvalue weighted by atomic mass is 35.5. The Bertz CT molecular complexity index is 937. The average molecular weight is 370 g/mol. The van der Waals surface area contributed by atoms with Crippen LogP contribution in [0.1, 0.15) is 37.2 Å². The zero-order valence-corrected chi connectivity index (χ0v) is 14.8. The molecule has 0 N–H and O–H groups in total. The lowest BCUT2D eigenvalue weighted by molar-refractivity contribution is -0.119. The van der Waals surface area contributed by atoms with Crippen molar-refractivity contribution in [1.29, 1.82) is 0 Å². The minimum Gasteiger partial charge on any atom is -0.294 e. The number of Topliss-reactive ketones (excluding diaryl/α,β-unsaturated/α-hetero) is 1. The summed E-state index contributed by atoms with van der Waals surface area (Å²) in [7, 11) is 0. The molecule has 0 saturated heterocycles. The van der Waals surface area contributed by atoms with E-state index >= 15 is 0 Å². The Morgan fingerprint density at radius 1 is 1.04 bits per heavy atom. The van der Waals surface area contributed by atoms with Gasteiger partial charge in [-0.25, -0.2) is 4.39 Å². The van der Waals surface area contributed by atoms with Crippen molar-refractivity contribution < 1.29 is 14.0 Å². The molecule has 0 fully saturated rings. The number of carbonyl (C=O) groups is 2. The second kappa shape index (κ2) is 6.69. The number of benzene rings is 2. The quantitative estimate of drug-likeness (QED) is 0.746. The monoisotopic (exact) mass is 369 g/mol. The SMILES string of the molecule is O=C1CCCC2=C1C(c1cccc(Cl)c1)CC(=O)N2c1cccc(F)c1. The summed E-state index contributed by atoms with van der Waals surface area (Å²) < 4.78 is 13.7. The number of ketones is 1. The Balaban J connectivity index is 1.87. The molecule has 1 atom stereocenters. The van der Waals surface area contributed by atoms with Crippen LogP contribution in [0.25, 0.3) is 0 Å². The van der Waals surface area contributed by atoms with Crippen LogP contribution in [0, 0.1) is 5.82 Å². The van der Waals surface area contributed by atoms with E-state index in [0.717, 1.165) is 5.56 Å². The number of nitrogens with zero attached hydrogens (tertiary/aromatic N) is 1. The molecular formula is C21H17ClFNO2. The van der Waals surface area contributed by atoms with Gasteiger partial charge in [0, 0.05) is 35.1 Å². The first kappa shape index (κ1) is 17.0. The van der Waals surface area contributed by atoms with Crippen LogP contribution in [0.3, 0.4) is 0 Å². The second-order valence-electron chi connectivity index (χ2n) is 6.66. The van der Waals surface area contributed by atoms with Gasteiger partial charge in [-0.1, -0.05) is 29.8 Å². The van der Waals surface area contributed by atoms with Crippen molar-refractivity contribution in [1.82, 2.24) is 0 Å². The maximum Gasteiger partial charge on any atom is 0.232 e. The molecule has 132 valence electrons. The predicted molar refractivity (Wildman–Crippen MR) is 98.6 cm³/mol. The number of allylic oxidation sites excluding steroid dienone is 2. The van der Waals surface area contributed by atoms with Gasteiger partial charge in [-0.2, -0.15) is 0 Å². The van der Waals surface area contributed by atoms with Gasteiger partial charge in [-0.3, -0.25) is 14.5 Å². The van der Waals surface area contributed by atoms with Gasteiger partial charge in [0.25, 0.3) is 0 Å². The third-order valence-electron chi connectivity index (χ3n) is 4.99. The lowest BCUT2D eigenvalue weighted by Gasteiger charge is -2.38. The molecule has 0 radical (unpaired) electrons. The summed E-state index contributed by atoms with van der Waals surface area (Å²) in [5.41, 5.74) is 2.71. The van der Waals surface area contributed by atoms with Crippen LogP contribution in [-0.4, -0.2) is 11.7 Å². The fourth-order valence-electron chi connectivity index (χ4n) is 3.92. The maximum atomic E-state index is 13.7. The summed E-state index contributed by atoms with van der Waals surface area (Å²) in [6.07, 6.45) is 1.96. The van der Waals surface area contributed by atoms with E-state index in [2.05, 4.69) is 0 Å². The summed E-state index contributed by atoms with van der Waals surface area (Å²) in [5.74, 6) is -0.774. The Labute approximate surface area is 156 Å². The molecule has 5 heteroatoms. The van der Waals surface area contributed by atoms with Crippen molar-refractivity contribution in [3.05, 3.63) is 76.2 Å². The average Bonchev–Trinajstić information content (AvgIpc) is 2.61. The highest BCUT2D eigenvalue weighted by molar-refractivity contribution is 6.30. The van der Waals surface area contributed by atoms with Gasteiger partial charge in [0.1, 0.15) is 5.82 Å². The molecule has 2 aliphatic rings. The Kier molecular flexibility index (Phi) is 4.37. The minimum absolute atomic E-state index is 0.0603. The Hall–Kier alpha value is -2.46. The largest absolute Gasteiger partial charge is 0.294 e. The second-order valence-corrected chi connectivity index (χ2v) is 7.09. The Morgan fingerprint density at radius 2 is 1.85 bits per heavy atom. The molecule has 26 heavy (non-hydrogen) atoms. The number of carbonyl (C=O) groups excluding carboxylic acids is 2. The van der Waals surface area contributed by atoms with E-state index in [4.69, 9.17) is 11.6 Å². The van der Waals surface area contributed by atoms with Crippen molar-refractivity contribution in [2.24, 2.45) is 0 Å². The molecule has 4 rings (SSSR count). The van der Waals surface area contributed by atoms with Crippen LogP contribution < -0.4 is 4.90 Å². The molecule has 3 nitrogen and oxygen atoms in total. The lowest BCUT2D eigenvalue weighted by Crippen LogP contribution is -2.40. The van der Waals surface area contributed by atoms with Crippen LogP contribution in [0.2, 0.25) is 5.02 Å². The Morgan fingerprint density at radius 3 is 2.62 bits per heavy atom. The van der Waals surface area contributed by atoms with Crippen molar-refractivity contribution in [2.45, 2.75) is 31.6 Å². The van der Waals surface area contributed by atoms with Crippen molar-refractivity contribution in [2.75, 3.05) is 4.90 Å². The van der Waals surface area contributed by atoms with Crippen molar-refractivity contribution >= 4 is 29.0 Å². The topological polar surface area (TPSA) is 37.4 Å². The predicted octanol–water partition coefficient (Wildman–Crippen LogP) is 5.01. The maximum absolute atomic E-state index is 13.7. The number of hydrogen-bond acceptors (Lipinski definition) is 2. The summed E-state index contributed by atoms with van der Waals surface area (Å²) in [6, 6.07) is 13.3. The highest BCUT2D eigenvalue weighted by Crippen LogP contribution is 2.43. The van der Waals surface area contributed by atoms with Gasteiger partial charge in [-0.05, 0) is 48.7 Å². The summed E-state index contributed by atoms with van der Waals surface area (Å²) in [5, 5.41) is 0.577. The lowest BCUT2D eigenvalue weighted by atomic mass is 9.77. The fourth-order valence-corrected chi connectivity index (χ4v) is 4.11. The van der Waals surface area contributed by atoms with E-state index in [-0.39, 0.29) is 24.0 Å². The smallest absolute Gasteiger partial charge is 0.232 e. The fraction of sp³-hybridized carbons (Fsp3) is 0.238. The zero-order valence-electron chi connectivity index (χ0n) is 14.0. The molecule has 1 aliphatic carbocycles. The minimum atomic E-state index is -0.406. The number of anilines is 1. The normalized spacial score (nSPS) is 20.4. The van der Waals surface area contributed by atoms with Crippen LogP contribution in [0.15, 0.2) is 59.8 Å². The van der Waals surface area contributed by atoms with E-state index in [1.807, 2.05) is 18.2 Å². The molecule has 0 aromatic heterocycles. The molecule has 0 spiro atoms. The van der Waals surface area contributed by atoms with Gasteiger partial charge in [0.15, 0.2) is 5.78 Å². The highest BCUT2D eigenvalue weighted by Gasteiger charge is 2.39. The standard InChI is InChI=1S/C21H17ClFNO2/c22-14-5-1-4-13(10-14)17-12-20(26)24(16-7-2-6-15(23)11-16)18-8-3-9-19(25)21(17)18/h1-2,4-7,10-11,17H,3,8-9,12H2. The number of halogens is 2. The first-order valence-corrected chi connectivity index (χ1v) is 9.02. The van der Waals surface area contributed by atoms with Gasteiger partial charge in [-0.15, -0.1) is 0 Å². The third kappa shape index (κ3) is 2.95. The van der Waals surface area contributed by atoms with E-state index < -0.39 is 5.82 Å². The van der Waals surface area contributed by atoms with E-state index in [1.54, 1.807) is 18.2 Å². The van der Waals surface area contributed by atoms with E-state index in [1.165, 1.54) is 17.0 Å². The number of amides is 1. The first-order valence-electron chi connectivity index (χ1n) is 8.65. The van der Waals surface area contributed by atoms with Crippen molar-refractivity contribution in [3.63, 3.8) is 0 Å². The van der Waals surface area contributed by atoms with Gasteiger partial charge >= 0.3 is 0 Å². The van der Waals surface area contributed by atoms with Crippen molar-refractivity contribution in [3.8, 4) is 0 Å². The summed E-state index contributed by atoms with van der Waals surface area (Å²) in [6.45, 7) is 0. The van der Waals surface area contributed by atoms with Crippen LogP contribution >= 0.6 is 11.6 Å².